The van der Waals surface area contributed by atoms with Gasteiger partial charge in [-0.1, -0.05) is 18.2 Å². The van der Waals surface area contributed by atoms with Crippen LogP contribution in [0.3, 0.4) is 0 Å². The lowest BCUT2D eigenvalue weighted by atomic mass is 9.87. The van der Waals surface area contributed by atoms with Crippen LogP contribution in [0.2, 0.25) is 0 Å². The molecule has 0 bridgehead atoms. The lowest BCUT2D eigenvalue weighted by Gasteiger charge is -2.26. The number of fused-ring (bicyclic) bond motifs is 1. The first-order chi connectivity index (χ1) is 9.31. The van der Waals surface area contributed by atoms with Gasteiger partial charge in [-0.25, -0.2) is 0 Å². The summed E-state index contributed by atoms with van der Waals surface area (Å²) in [4.78, 5) is 0. The number of nitrogens with one attached hydrogen (secondary N) is 1. The molecule has 1 aromatic carbocycles. The van der Waals surface area contributed by atoms with Gasteiger partial charge in [0.05, 0.1) is 6.10 Å². The molecule has 1 heterocycles. The molecule has 1 atom stereocenters. The van der Waals surface area contributed by atoms with Gasteiger partial charge in [0.15, 0.2) is 0 Å². The molecule has 1 fully saturated rings. The summed E-state index contributed by atoms with van der Waals surface area (Å²) in [5.41, 5.74) is 1.33. The van der Waals surface area contributed by atoms with E-state index in [0.29, 0.717) is 0 Å². The standard InChI is InChI=1S/C16H23NO2/c18-14-7-5-12(6-8-14)10-17-11-15-9-13-3-1-2-4-16(13)19-15/h1-4,12,14-15,17-18H,5-11H2. The minimum atomic E-state index is -0.0519. The van der Waals surface area contributed by atoms with Crippen LogP contribution in [0.1, 0.15) is 31.2 Å². The van der Waals surface area contributed by atoms with Gasteiger partial charge in [-0.2, -0.15) is 0 Å². The van der Waals surface area contributed by atoms with Crippen LogP contribution in [-0.2, 0) is 6.42 Å². The van der Waals surface area contributed by atoms with E-state index >= 15 is 0 Å². The van der Waals surface area contributed by atoms with Gasteiger partial charge in [-0.15, -0.1) is 0 Å². The molecule has 1 aliphatic heterocycles. The Bertz CT molecular complexity index is 388. The smallest absolute Gasteiger partial charge is 0.123 e. The molecule has 0 aromatic heterocycles. The van der Waals surface area contributed by atoms with E-state index in [0.717, 1.165) is 56.9 Å². The fourth-order valence-electron chi connectivity index (χ4n) is 3.17. The highest BCUT2D eigenvalue weighted by molar-refractivity contribution is 5.37. The number of hydrogen-bond donors (Lipinski definition) is 2. The number of benzene rings is 1. The molecule has 0 radical (unpaired) electrons. The van der Waals surface area contributed by atoms with Crippen LogP contribution in [0.15, 0.2) is 24.3 Å². The first-order valence-corrected chi connectivity index (χ1v) is 7.44. The van der Waals surface area contributed by atoms with Crippen molar-refractivity contribution in [1.29, 1.82) is 0 Å². The molecule has 0 spiro atoms. The second-order valence-electron chi connectivity index (χ2n) is 5.88. The molecule has 104 valence electrons. The van der Waals surface area contributed by atoms with Crippen molar-refractivity contribution in [2.45, 2.75) is 44.3 Å². The van der Waals surface area contributed by atoms with Crippen LogP contribution in [0.25, 0.3) is 0 Å². The predicted octanol–water partition coefficient (Wildman–Crippen LogP) is 2.13. The van der Waals surface area contributed by atoms with Crippen molar-refractivity contribution in [3.63, 3.8) is 0 Å². The number of aliphatic hydroxyl groups excluding tert-OH is 1. The monoisotopic (exact) mass is 261 g/mol. The molecule has 2 aliphatic rings. The second kappa shape index (κ2) is 5.93. The Morgan fingerprint density at radius 1 is 1.11 bits per heavy atom. The van der Waals surface area contributed by atoms with Crippen molar-refractivity contribution < 1.29 is 9.84 Å². The first kappa shape index (κ1) is 12.9. The van der Waals surface area contributed by atoms with Crippen molar-refractivity contribution >= 4 is 0 Å². The van der Waals surface area contributed by atoms with Gasteiger partial charge in [-0.3, -0.25) is 0 Å². The average Bonchev–Trinajstić information content (AvgIpc) is 2.83. The van der Waals surface area contributed by atoms with E-state index in [1.165, 1.54) is 5.56 Å². The molecule has 3 heteroatoms. The highest BCUT2D eigenvalue weighted by atomic mass is 16.5. The Morgan fingerprint density at radius 3 is 2.68 bits per heavy atom. The fourth-order valence-corrected chi connectivity index (χ4v) is 3.17. The van der Waals surface area contributed by atoms with E-state index < -0.39 is 0 Å². The van der Waals surface area contributed by atoms with E-state index in [2.05, 4.69) is 23.5 Å². The quantitative estimate of drug-likeness (QED) is 0.872. The van der Waals surface area contributed by atoms with Crippen LogP contribution in [0.5, 0.6) is 5.75 Å². The molecule has 0 saturated heterocycles. The lowest BCUT2D eigenvalue weighted by Crippen LogP contribution is -2.34. The van der Waals surface area contributed by atoms with Gasteiger partial charge >= 0.3 is 0 Å². The maximum absolute atomic E-state index is 9.48. The minimum absolute atomic E-state index is 0.0519. The zero-order valence-corrected chi connectivity index (χ0v) is 11.3. The average molecular weight is 261 g/mol. The number of para-hydroxylation sites is 1. The van der Waals surface area contributed by atoms with E-state index in [9.17, 15) is 5.11 Å². The third-order valence-electron chi connectivity index (χ3n) is 4.34. The molecule has 0 amide bonds. The summed E-state index contributed by atoms with van der Waals surface area (Å²) in [5.74, 6) is 1.78. The van der Waals surface area contributed by atoms with Crippen LogP contribution in [0, 0.1) is 5.92 Å². The Labute approximate surface area is 115 Å². The minimum Gasteiger partial charge on any atom is -0.488 e. The summed E-state index contributed by atoms with van der Waals surface area (Å²) < 4.78 is 5.91. The van der Waals surface area contributed by atoms with Gasteiger partial charge < -0.3 is 15.2 Å². The molecule has 3 nitrogen and oxygen atoms in total. The maximum atomic E-state index is 9.48. The predicted molar refractivity (Wildman–Crippen MR) is 75.4 cm³/mol. The first-order valence-electron chi connectivity index (χ1n) is 7.44. The molecule has 1 unspecified atom stereocenters. The number of aliphatic hydroxyl groups is 1. The zero-order valence-electron chi connectivity index (χ0n) is 11.3. The van der Waals surface area contributed by atoms with Crippen molar-refractivity contribution in [3.05, 3.63) is 29.8 Å². The molecule has 3 rings (SSSR count). The third-order valence-corrected chi connectivity index (χ3v) is 4.34. The summed E-state index contributed by atoms with van der Waals surface area (Å²) >= 11 is 0. The molecule has 1 saturated carbocycles. The van der Waals surface area contributed by atoms with Crippen molar-refractivity contribution in [2.24, 2.45) is 5.92 Å². The molecule has 1 aromatic rings. The Hall–Kier alpha value is -1.06. The lowest BCUT2D eigenvalue weighted by molar-refractivity contribution is 0.107. The van der Waals surface area contributed by atoms with Crippen LogP contribution < -0.4 is 10.1 Å². The van der Waals surface area contributed by atoms with Gasteiger partial charge in [0.25, 0.3) is 0 Å². The topological polar surface area (TPSA) is 41.5 Å². The van der Waals surface area contributed by atoms with Crippen LogP contribution >= 0.6 is 0 Å². The van der Waals surface area contributed by atoms with Gasteiger partial charge in [0.2, 0.25) is 0 Å². The van der Waals surface area contributed by atoms with E-state index in [1.807, 2.05) is 6.07 Å². The summed E-state index contributed by atoms with van der Waals surface area (Å²) in [7, 11) is 0. The van der Waals surface area contributed by atoms with Gasteiger partial charge in [0.1, 0.15) is 11.9 Å². The van der Waals surface area contributed by atoms with E-state index in [1.54, 1.807) is 0 Å². The fraction of sp³-hybridized carbons (Fsp3) is 0.625. The maximum Gasteiger partial charge on any atom is 0.123 e. The number of hydrogen-bond acceptors (Lipinski definition) is 3. The van der Waals surface area contributed by atoms with Crippen molar-refractivity contribution in [1.82, 2.24) is 5.32 Å². The summed E-state index contributed by atoms with van der Waals surface area (Å²) in [6, 6.07) is 8.31. The van der Waals surface area contributed by atoms with E-state index in [-0.39, 0.29) is 12.2 Å². The zero-order chi connectivity index (χ0) is 13.1. The SMILES string of the molecule is OC1CCC(CNCC2Cc3ccccc3O2)CC1. The second-order valence-corrected chi connectivity index (χ2v) is 5.88. The largest absolute Gasteiger partial charge is 0.488 e. The number of rotatable bonds is 4. The normalized spacial score (nSPS) is 29.8. The molecule has 1 aliphatic carbocycles. The molecule has 19 heavy (non-hydrogen) atoms. The van der Waals surface area contributed by atoms with Crippen molar-refractivity contribution in [3.8, 4) is 5.75 Å². The summed E-state index contributed by atoms with van der Waals surface area (Å²) in [5, 5.41) is 13.0. The third kappa shape index (κ3) is 3.28. The number of ether oxygens (including phenoxy) is 1. The van der Waals surface area contributed by atoms with E-state index in [4.69, 9.17) is 4.74 Å². The molecular weight excluding hydrogens is 238 g/mol. The van der Waals surface area contributed by atoms with Gasteiger partial charge in [-0.05, 0) is 49.8 Å². The Balaban J connectivity index is 1.38. The summed E-state index contributed by atoms with van der Waals surface area (Å²) in [6.07, 6.45) is 5.50. The molecular formula is C16H23NO2. The Morgan fingerprint density at radius 2 is 1.89 bits per heavy atom. The Kier molecular flexibility index (Phi) is 4.04. The van der Waals surface area contributed by atoms with Crippen LogP contribution in [0.4, 0.5) is 0 Å². The van der Waals surface area contributed by atoms with Crippen LogP contribution in [-0.4, -0.2) is 30.4 Å². The van der Waals surface area contributed by atoms with Gasteiger partial charge in [0, 0.05) is 13.0 Å². The van der Waals surface area contributed by atoms with Crippen molar-refractivity contribution in [2.75, 3.05) is 13.1 Å². The highest BCUT2D eigenvalue weighted by Gasteiger charge is 2.23. The summed E-state index contributed by atoms with van der Waals surface area (Å²) in [6.45, 7) is 1.98. The highest BCUT2D eigenvalue weighted by Crippen LogP contribution is 2.28. The molecule has 2 N–H and O–H groups in total.